The van der Waals surface area contributed by atoms with Crippen molar-refractivity contribution >= 4 is 17.0 Å². The van der Waals surface area contributed by atoms with Crippen LogP contribution in [0.1, 0.15) is 38.4 Å². The van der Waals surface area contributed by atoms with Crippen molar-refractivity contribution in [2.75, 3.05) is 7.11 Å². The Morgan fingerprint density at radius 3 is 2.59 bits per heavy atom. The van der Waals surface area contributed by atoms with Gasteiger partial charge in [0.25, 0.3) is 0 Å². The highest BCUT2D eigenvalue weighted by Gasteiger charge is 2.17. The molecule has 0 aliphatic heterocycles. The third-order valence-corrected chi connectivity index (χ3v) is 7.12. The highest BCUT2D eigenvalue weighted by atomic mass is 19.1. The Kier molecular flexibility index (Phi) is 7.80. The number of ether oxygens (including phenoxy) is 2. The van der Waals surface area contributed by atoms with Gasteiger partial charge >= 0.3 is 5.97 Å². The molecule has 9 nitrogen and oxygen atoms in total. The average molecular weight is 591 g/mol. The smallest absolute Gasteiger partial charge is 0.337 e. The molecule has 6 aromatic rings. The lowest BCUT2D eigenvalue weighted by Crippen LogP contribution is -2.07. The molecule has 0 spiro atoms. The number of hydrogen-bond acceptors (Lipinski definition) is 7. The highest BCUT2D eigenvalue weighted by Crippen LogP contribution is 2.26. The largest absolute Gasteiger partial charge is 0.473 e. The second-order valence-electron chi connectivity index (χ2n) is 9.97. The zero-order valence-electron chi connectivity index (χ0n) is 23.4. The fraction of sp³-hybridized carbons (Fsp3) is 0.121. The molecule has 3 aromatic carbocycles. The maximum absolute atomic E-state index is 15.5. The van der Waals surface area contributed by atoms with E-state index in [0.717, 1.165) is 11.6 Å². The summed E-state index contributed by atoms with van der Waals surface area (Å²) in [6, 6.07) is 21.1. The van der Waals surface area contributed by atoms with Gasteiger partial charge < -0.3 is 14.0 Å². The standard InChI is InChI=1S/C33H24F2N6O3/c1-43-33(42)24-9-10-29-30(13-24)41(18-21-16-37-38-17-21)31(39-29)14-22-7-8-23(12-27(22)35)28-3-2-4-32(40-28)44-19-25-6-5-20(15-36)11-26(25)34/h2-13,16-17H,14,18-19H2,1H3,(H,37,38). The molecular weight excluding hydrogens is 566 g/mol. The molecule has 3 aromatic heterocycles. The van der Waals surface area contributed by atoms with Gasteiger partial charge in [0.05, 0.1) is 53.8 Å². The number of halogens is 2. The Morgan fingerprint density at radius 1 is 1.00 bits per heavy atom. The van der Waals surface area contributed by atoms with Crippen LogP contribution in [0.15, 0.2) is 85.2 Å². The van der Waals surface area contributed by atoms with Crippen molar-refractivity contribution in [3.05, 3.63) is 130 Å². The van der Waals surface area contributed by atoms with Gasteiger partial charge in [-0.1, -0.05) is 24.3 Å². The summed E-state index contributed by atoms with van der Waals surface area (Å²) in [7, 11) is 1.32. The van der Waals surface area contributed by atoms with Crippen LogP contribution in [0.5, 0.6) is 5.88 Å². The zero-order chi connectivity index (χ0) is 30.6. The van der Waals surface area contributed by atoms with Crippen LogP contribution in [0.3, 0.4) is 0 Å². The first kappa shape index (κ1) is 28.2. The zero-order valence-corrected chi connectivity index (χ0v) is 23.4. The van der Waals surface area contributed by atoms with E-state index >= 15 is 4.39 Å². The van der Waals surface area contributed by atoms with Gasteiger partial charge in [-0.3, -0.25) is 5.10 Å². The lowest BCUT2D eigenvalue weighted by molar-refractivity contribution is 0.0601. The first-order valence-electron chi connectivity index (χ1n) is 13.5. The number of carbonyl (C=O) groups excluding carboxylic acids is 1. The Labute approximate surface area is 250 Å². The number of nitriles is 1. The molecule has 11 heteroatoms. The first-order valence-corrected chi connectivity index (χ1v) is 13.5. The summed E-state index contributed by atoms with van der Waals surface area (Å²) in [5, 5.41) is 15.7. The number of pyridine rings is 1. The van der Waals surface area contributed by atoms with E-state index in [1.807, 2.05) is 10.6 Å². The average Bonchev–Trinajstić information content (AvgIpc) is 3.69. The molecule has 0 atom stereocenters. The maximum Gasteiger partial charge on any atom is 0.337 e. The lowest BCUT2D eigenvalue weighted by atomic mass is 10.1. The van der Waals surface area contributed by atoms with Crippen LogP contribution in [0.25, 0.3) is 22.3 Å². The molecule has 0 unspecified atom stereocenters. The van der Waals surface area contributed by atoms with Crippen LogP contribution in [-0.4, -0.2) is 37.8 Å². The number of methoxy groups -OCH3 is 1. The minimum atomic E-state index is -0.542. The monoisotopic (exact) mass is 590 g/mol. The second-order valence-corrected chi connectivity index (χ2v) is 9.97. The van der Waals surface area contributed by atoms with Crippen molar-refractivity contribution in [2.45, 2.75) is 19.6 Å². The van der Waals surface area contributed by atoms with Crippen molar-refractivity contribution in [1.29, 1.82) is 5.26 Å². The summed E-state index contributed by atoms with van der Waals surface area (Å²) in [4.78, 5) is 21.4. The number of esters is 1. The van der Waals surface area contributed by atoms with Gasteiger partial charge in [-0.15, -0.1) is 0 Å². The minimum absolute atomic E-state index is 0.0811. The van der Waals surface area contributed by atoms with E-state index in [-0.39, 0.29) is 30.0 Å². The van der Waals surface area contributed by atoms with E-state index in [9.17, 15) is 9.18 Å². The van der Waals surface area contributed by atoms with E-state index < -0.39 is 17.6 Å². The number of carbonyl (C=O) groups is 1. The summed E-state index contributed by atoms with van der Waals surface area (Å²) < 4.78 is 42.3. The number of nitrogens with one attached hydrogen (secondary N) is 1. The van der Waals surface area contributed by atoms with E-state index in [1.54, 1.807) is 60.9 Å². The van der Waals surface area contributed by atoms with Crippen LogP contribution in [0, 0.1) is 23.0 Å². The lowest BCUT2D eigenvalue weighted by Gasteiger charge is -2.11. The van der Waals surface area contributed by atoms with Crippen LogP contribution in [0.4, 0.5) is 8.78 Å². The molecule has 0 amide bonds. The fourth-order valence-corrected chi connectivity index (χ4v) is 4.84. The highest BCUT2D eigenvalue weighted by molar-refractivity contribution is 5.93. The summed E-state index contributed by atoms with van der Waals surface area (Å²) in [5.41, 5.74) is 4.60. The van der Waals surface area contributed by atoms with Gasteiger partial charge in [-0.25, -0.2) is 23.5 Å². The Bertz CT molecular complexity index is 2030. The molecule has 218 valence electrons. The van der Waals surface area contributed by atoms with E-state index in [0.29, 0.717) is 45.8 Å². The van der Waals surface area contributed by atoms with E-state index in [4.69, 9.17) is 19.7 Å². The SMILES string of the molecule is COC(=O)c1ccc2nc(Cc3ccc(-c4cccc(OCc5ccc(C#N)cc5F)n4)cc3F)n(Cc3cn[nH]c3)c2c1. The number of nitrogens with zero attached hydrogens (tertiary/aromatic N) is 5. The number of benzene rings is 3. The topological polar surface area (TPSA) is 119 Å². The number of aromatic amines is 1. The van der Waals surface area contributed by atoms with Gasteiger partial charge in [-0.2, -0.15) is 10.4 Å². The van der Waals surface area contributed by atoms with Crippen molar-refractivity contribution in [3.8, 4) is 23.2 Å². The molecule has 0 aliphatic rings. The molecule has 0 saturated carbocycles. The third kappa shape index (κ3) is 5.87. The molecule has 3 heterocycles. The van der Waals surface area contributed by atoms with E-state index in [2.05, 4.69) is 15.2 Å². The minimum Gasteiger partial charge on any atom is -0.473 e. The van der Waals surface area contributed by atoms with Crippen LogP contribution in [-0.2, 0) is 24.3 Å². The number of hydrogen-bond donors (Lipinski definition) is 1. The second kappa shape index (κ2) is 12.1. The Hall–Kier alpha value is -5.89. The van der Waals surface area contributed by atoms with Crippen molar-refractivity contribution in [3.63, 3.8) is 0 Å². The molecule has 0 saturated heterocycles. The number of aromatic nitrogens is 5. The molecule has 1 N–H and O–H groups in total. The predicted molar refractivity (Wildman–Crippen MR) is 157 cm³/mol. The fourth-order valence-electron chi connectivity index (χ4n) is 4.84. The van der Waals surface area contributed by atoms with E-state index in [1.165, 1.54) is 25.3 Å². The number of H-pyrrole nitrogens is 1. The van der Waals surface area contributed by atoms with Crippen LogP contribution < -0.4 is 4.74 Å². The molecule has 0 aliphatic carbocycles. The summed E-state index contributed by atoms with van der Waals surface area (Å²) in [5.74, 6) is -0.586. The normalized spacial score (nSPS) is 11.0. The summed E-state index contributed by atoms with van der Waals surface area (Å²) >= 11 is 0. The quantitative estimate of drug-likeness (QED) is 0.206. The van der Waals surface area contributed by atoms with Gasteiger partial charge in [0.1, 0.15) is 24.1 Å². The van der Waals surface area contributed by atoms with Crippen LogP contribution in [0.2, 0.25) is 0 Å². The number of fused-ring (bicyclic) bond motifs is 1. The molecule has 44 heavy (non-hydrogen) atoms. The molecule has 0 fully saturated rings. The van der Waals surface area contributed by atoms with Crippen molar-refractivity contribution in [2.24, 2.45) is 0 Å². The van der Waals surface area contributed by atoms with Gasteiger partial charge in [0.15, 0.2) is 0 Å². The number of imidazole rings is 1. The van der Waals surface area contributed by atoms with Crippen molar-refractivity contribution < 1.29 is 23.0 Å². The molecule has 6 rings (SSSR count). The predicted octanol–water partition coefficient (Wildman–Crippen LogP) is 5.98. The van der Waals surface area contributed by atoms with Crippen molar-refractivity contribution in [1.82, 2.24) is 24.7 Å². The Morgan fingerprint density at radius 2 is 1.84 bits per heavy atom. The summed E-state index contributed by atoms with van der Waals surface area (Å²) in [6.07, 6.45) is 3.65. The first-order chi connectivity index (χ1) is 21.4. The van der Waals surface area contributed by atoms with Gasteiger partial charge in [0.2, 0.25) is 5.88 Å². The molecule has 0 bridgehead atoms. The molecule has 0 radical (unpaired) electrons. The van der Waals surface area contributed by atoms with Crippen LogP contribution >= 0.6 is 0 Å². The number of rotatable bonds is 9. The van der Waals surface area contributed by atoms with Gasteiger partial charge in [-0.05, 0) is 48.0 Å². The molecular formula is C33H24F2N6O3. The third-order valence-electron chi connectivity index (χ3n) is 7.12. The van der Waals surface area contributed by atoms with Gasteiger partial charge in [0, 0.05) is 35.4 Å². The Balaban J connectivity index is 1.25. The summed E-state index contributed by atoms with van der Waals surface area (Å²) in [6.45, 7) is 0.331. The maximum atomic E-state index is 15.5.